The van der Waals surface area contributed by atoms with Gasteiger partial charge in [0.05, 0.1) is 18.7 Å². The number of thiazole rings is 1. The predicted octanol–water partition coefficient (Wildman–Crippen LogP) is 4.45. The van der Waals surface area contributed by atoms with Crippen molar-refractivity contribution in [3.63, 3.8) is 0 Å². The van der Waals surface area contributed by atoms with Crippen molar-refractivity contribution in [2.75, 3.05) is 6.61 Å². The van der Waals surface area contributed by atoms with Crippen LogP contribution in [-0.2, 0) is 11.2 Å². The molecule has 1 aromatic carbocycles. The smallest absolute Gasteiger partial charge is 0.226 e. The molecule has 1 N–H and O–H groups in total. The highest BCUT2D eigenvalue weighted by Crippen LogP contribution is 2.26. The molecule has 0 radical (unpaired) electrons. The topological polar surface area (TPSA) is 51.2 Å². The third kappa shape index (κ3) is 4.82. The zero-order valence-corrected chi connectivity index (χ0v) is 15.8. The summed E-state index contributed by atoms with van der Waals surface area (Å²) in [5.74, 6) is 1.53. The molecule has 25 heavy (non-hydrogen) atoms. The molecule has 0 saturated heterocycles. The average Bonchev–Trinajstić information content (AvgIpc) is 3.06. The second-order valence-corrected chi connectivity index (χ2v) is 7.57. The van der Waals surface area contributed by atoms with E-state index in [0.29, 0.717) is 25.0 Å². The molecule has 4 nitrogen and oxygen atoms in total. The highest BCUT2D eigenvalue weighted by Gasteiger charge is 2.23. The fraction of sp³-hybridized carbons (Fsp3) is 0.500. The lowest BCUT2D eigenvalue weighted by atomic mass is 9.86. The molecule has 1 fully saturated rings. The first-order chi connectivity index (χ1) is 12.2. The van der Waals surface area contributed by atoms with Gasteiger partial charge in [-0.2, -0.15) is 0 Å². The SMILES string of the molecule is CCOc1ccc(-c2nc(CC(=O)NC3CCCCC3C)cs2)cc1. The van der Waals surface area contributed by atoms with Crippen molar-refractivity contribution in [1.29, 1.82) is 0 Å². The summed E-state index contributed by atoms with van der Waals surface area (Å²) in [6.45, 7) is 4.87. The Balaban J connectivity index is 1.58. The van der Waals surface area contributed by atoms with Crippen molar-refractivity contribution in [2.24, 2.45) is 5.92 Å². The number of aromatic nitrogens is 1. The van der Waals surface area contributed by atoms with Gasteiger partial charge in [0.15, 0.2) is 0 Å². The van der Waals surface area contributed by atoms with Crippen LogP contribution in [0.15, 0.2) is 29.6 Å². The van der Waals surface area contributed by atoms with E-state index in [2.05, 4.69) is 17.2 Å². The Morgan fingerprint density at radius 1 is 1.28 bits per heavy atom. The lowest BCUT2D eigenvalue weighted by Crippen LogP contribution is -2.41. The first-order valence-electron chi connectivity index (χ1n) is 9.12. The Labute approximate surface area is 153 Å². The Kier molecular flexibility index (Phi) is 6.08. The summed E-state index contributed by atoms with van der Waals surface area (Å²) in [6.07, 6.45) is 5.17. The number of amides is 1. The molecule has 1 amide bonds. The van der Waals surface area contributed by atoms with Crippen LogP contribution in [0, 0.1) is 5.92 Å². The van der Waals surface area contributed by atoms with Gasteiger partial charge in [0.25, 0.3) is 0 Å². The monoisotopic (exact) mass is 358 g/mol. The number of benzene rings is 1. The van der Waals surface area contributed by atoms with Crippen LogP contribution in [0.2, 0.25) is 0 Å². The van der Waals surface area contributed by atoms with E-state index in [4.69, 9.17) is 4.74 Å². The zero-order chi connectivity index (χ0) is 17.6. The van der Waals surface area contributed by atoms with Gasteiger partial charge in [-0.25, -0.2) is 4.98 Å². The van der Waals surface area contributed by atoms with Crippen LogP contribution in [0.1, 0.15) is 45.2 Å². The first kappa shape index (κ1) is 17.9. The third-order valence-electron chi connectivity index (χ3n) is 4.76. The lowest BCUT2D eigenvalue weighted by Gasteiger charge is -2.29. The molecule has 1 saturated carbocycles. The molecule has 1 aromatic heterocycles. The summed E-state index contributed by atoms with van der Waals surface area (Å²) in [7, 11) is 0. The van der Waals surface area contributed by atoms with Crippen molar-refractivity contribution >= 4 is 17.2 Å². The number of carbonyl (C=O) groups is 1. The molecule has 134 valence electrons. The molecular weight excluding hydrogens is 332 g/mol. The van der Waals surface area contributed by atoms with E-state index in [0.717, 1.165) is 28.4 Å². The summed E-state index contributed by atoms with van der Waals surface area (Å²) in [5.41, 5.74) is 1.90. The number of nitrogens with one attached hydrogen (secondary N) is 1. The highest BCUT2D eigenvalue weighted by molar-refractivity contribution is 7.13. The number of hydrogen-bond acceptors (Lipinski definition) is 4. The molecule has 2 aromatic rings. The summed E-state index contributed by atoms with van der Waals surface area (Å²) in [4.78, 5) is 17.0. The van der Waals surface area contributed by atoms with Crippen molar-refractivity contribution in [3.05, 3.63) is 35.3 Å². The number of carbonyl (C=O) groups excluding carboxylic acids is 1. The Hall–Kier alpha value is -1.88. The van der Waals surface area contributed by atoms with Gasteiger partial charge in [-0.05, 0) is 49.9 Å². The molecule has 1 aliphatic rings. The van der Waals surface area contributed by atoms with Crippen LogP contribution in [0.4, 0.5) is 0 Å². The standard InChI is InChI=1S/C20H26N2O2S/c1-3-24-17-10-8-15(9-11-17)20-21-16(13-25-20)12-19(23)22-18-7-5-4-6-14(18)2/h8-11,13-14,18H,3-7,12H2,1-2H3,(H,22,23). The Morgan fingerprint density at radius 2 is 2.04 bits per heavy atom. The van der Waals surface area contributed by atoms with Gasteiger partial charge in [0.1, 0.15) is 10.8 Å². The summed E-state index contributed by atoms with van der Waals surface area (Å²) < 4.78 is 5.47. The van der Waals surface area contributed by atoms with Gasteiger partial charge in [-0.3, -0.25) is 4.79 Å². The van der Waals surface area contributed by atoms with Crippen molar-refractivity contribution < 1.29 is 9.53 Å². The molecule has 0 spiro atoms. The number of nitrogens with zero attached hydrogens (tertiary/aromatic N) is 1. The molecule has 0 bridgehead atoms. The fourth-order valence-corrected chi connectivity index (χ4v) is 4.16. The summed E-state index contributed by atoms with van der Waals surface area (Å²) in [6, 6.07) is 8.26. The molecule has 0 aliphatic heterocycles. The number of ether oxygens (including phenoxy) is 1. The van der Waals surface area contributed by atoms with Gasteiger partial charge >= 0.3 is 0 Å². The van der Waals surface area contributed by atoms with Gasteiger partial charge in [0.2, 0.25) is 5.91 Å². The molecule has 1 heterocycles. The molecule has 1 aliphatic carbocycles. The maximum Gasteiger partial charge on any atom is 0.226 e. The van der Waals surface area contributed by atoms with E-state index in [-0.39, 0.29) is 5.91 Å². The molecule has 2 unspecified atom stereocenters. The average molecular weight is 359 g/mol. The van der Waals surface area contributed by atoms with Gasteiger partial charge in [-0.15, -0.1) is 11.3 Å². The van der Waals surface area contributed by atoms with Crippen LogP contribution in [0.5, 0.6) is 5.75 Å². The van der Waals surface area contributed by atoms with Crippen LogP contribution in [-0.4, -0.2) is 23.5 Å². The van der Waals surface area contributed by atoms with Crippen LogP contribution < -0.4 is 10.1 Å². The molecular formula is C20H26N2O2S. The van der Waals surface area contributed by atoms with Gasteiger partial charge < -0.3 is 10.1 Å². The Bertz CT molecular complexity index is 696. The van der Waals surface area contributed by atoms with Crippen molar-refractivity contribution in [3.8, 4) is 16.3 Å². The van der Waals surface area contributed by atoms with Crippen molar-refractivity contribution in [1.82, 2.24) is 10.3 Å². The number of hydrogen-bond donors (Lipinski definition) is 1. The maximum absolute atomic E-state index is 12.3. The third-order valence-corrected chi connectivity index (χ3v) is 5.70. The van der Waals surface area contributed by atoms with E-state index in [9.17, 15) is 4.79 Å². The summed E-state index contributed by atoms with van der Waals surface area (Å²) in [5, 5.41) is 6.12. The lowest BCUT2D eigenvalue weighted by molar-refractivity contribution is -0.121. The van der Waals surface area contributed by atoms with E-state index in [1.165, 1.54) is 19.3 Å². The molecule has 3 rings (SSSR count). The van der Waals surface area contributed by atoms with E-state index in [1.807, 2.05) is 36.6 Å². The molecule has 5 heteroatoms. The minimum absolute atomic E-state index is 0.0855. The summed E-state index contributed by atoms with van der Waals surface area (Å²) >= 11 is 1.58. The minimum atomic E-state index is 0.0855. The van der Waals surface area contributed by atoms with Gasteiger partial charge in [-0.1, -0.05) is 19.8 Å². The second-order valence-electron chi connectivity index (χ2n) is 6.71. The van der Waals surface area contributed by atoms with Gasteiger partial charge in [0, 0.05) is 17.0 Å². The van der Waals surface area contributed by atoms with Crippen LogP contribution >= 0.6 is 11.3 Å². The van der Waals surface area contributed by atoms with E-state index in [1.54, 1.807) is 11.3 Å². The van der Waals surface area contributed by atoms with Crippen molar-refractivity contribution in [2.45, 2.75) is 52.0 Å². The highest BCUT2D eigenvalue weighted by atomic mass is 32.1. The Morgan fingerprint density at radius 3 is 2.76 bits per heavy atom. The largest absolute Gasteiger partial charge is 0.494 e. The van der Waals surface area contributed by atoms with Crippen LogP contribution in [0.25, 0.3) is 10.6 Å². The quantitative estimate of drug-likeness (QED) is 0.830. The minimum Gasteiger partial charge on any atom is -0.494 e. The maximum atomic E-state index is 12.3. The molecule has 2 atom stereocenters. The van der Waals surface area contributed by atoms with E-state index < -0.39 is 0 Å². The normalized spacial score (nSPS) is 20.2. The number of rotatable bonds is 6. The first-order valence-corrected chi connectivity index (χ1v) is 10.0. The predicted molar refractivity (Wildman–Crippen MR) is 102 cm³/mol. The van der Waals surface area contributed by atoms with Crippen LogP contribution in [0.3, 0.4) is 0 Å². The van der Waals surface area contributed by atoms with E-state index >= 15 is 0 Å². The fourth-order valence-electron chi connectivity index (χ4n) is 3.33. The second kappa shape index (κ2) is 8.48. The zero-order valence-electron chi connectivity index (χ0n) is 15.0.